The average molecular weight is 1180 g/mol. The lowest BCUT2D eigenvalue weighted by Gasteiger charge is -2.46. The zero-order chi connectivity index (χ0) is 60.9. The second-order valence-electron chi connectivity index (χ2n) is 22.5. The van der Waals surface area contributed by atoms with E-state index in [0.29, 0.717) is 19.3 Å². The lowest BCUT2D eigenvalue weighted by molar-refractivity contribution is -0.359. The van der Waals surface area contributed by atoms with E-state index in [4.69, 9.17) is 18.9 Å². The summed E-state index contributed by atoms with van der Waals surface area (Å²) in [6.07, 6.45) is 61.1. The van der Waals surface area contributed by atoms with Crippen LogP contribution in [0.3, 0.4) is 0 Å². The molecule has 2 aliphatic rings. The van der Waals surface area contributed by atoms with E-state index in [9.17, 15) is 45.6 Å². The highest BCUT2D eigenvalue weighted by atomic mass is 16.7. The number of hydrogen-bond donors (Lipinski definition) is 9. The molecule has 0 radical (unpaired) electrons. The molecule has 0 aromatic rings. The van der Waals surface area contributed by atoms with Crippen molar-refractivity contribution in [3.8, 4) is 0 Å². The second-order valence-corrected chi connectivity index (χ2v) is 22.5. The Hall–Kier alpha value is -3.61. The maximum atomic E-state index is 13.3. The van der Waals surface area contributed by atoms with Gasteiger partial charge in [0.25, 0.3) is 0 Å². The van der Waals surface area contributed by atoms with E-state index in [1.807, 2.05) is 12.2 Å². The summed E-state index contributed by atoms with van der Waals surface area (Å²) in [4.78, 5) is 13.3. The largest absolute Gasteiger partial charge is 0.394 e. The highest BCUT2D eigenvalue weighted by Crippen LogP contribution is 2.30. The van der Waals surface area contributed by atoms with Gasteiger partial charge in [-0.2, -0.15) is 0 Å². The van der Waals surface area contributed by atoms with Crippen LogP contribution in [0.25, 0.3) is 0 Å². The van der Waals surface area contributed by atoms with E-state index in [1.165, 1.54) is 109 Å². The van der Waals surface area contributed by atoms with Gasteiger partial charge in [0.15, 0.2) is 12.6 Å². The number of unbranched alkanes of at least 4 members (excludes halogenated alkanes) is 20. The van der Waals surface area contributed by atoms with Gasteiger partial charge in [-0.15, -0.1) is 0 Å². The molecule has 14 heteroatoms. The van der Waals surface area contributed by atoms with Gasteiger partial charge in [0.05, 0.1) is 32.0 Å². The van der Waals surface area contributed by atoms with Crippen molar-refractivity contribution in [1.82, 2.24) is 5.32 Å². The molecule has 2 fully saturated rings. The maximum Gasteiger partial charge on any atom is 0.220 e. The molecule has 1 amide bonds. The van der Waals surface area contributed by atoms with Crippen molar-refractivity contribution >= 4 is 5.91 Å². The molecule has 0 spiro atoms. The first kappa shape index (κ1) is 76.5. The van der Waals surface area contributed by atoms with Crippen LogP contribution in [-0.4, -0.2) is 140 Å². The first-order valence-corrected chi connectivity index (χ1v) is 32.8. The predicted octanol–water partition coefficient (Wildman–Crippen LogP) is 12.6. The molecular weight excluding hydrogens is 1060 g/mol. The third-order valence-corrected chi connectivity index (χ3v) is 15.1. The topological polar surface area (TPSA) is 228 Å². The van der Waals surface area contributed by atoms with Crippen molar-refractivity contribution in [2.75, 3.05) is 19.8 Å². The molecule has 2 saturated heterocycles. The van der Waals surface area contributed by atoms with E-state index in [1.54, 1.807) is 6.08 Å². The summed E-state index contributed by atoms with van der Waals surface area (Å²) in [5, 5.41) is 87.2. The van der Waals surface area contributed by atoms with Crippen molar-refractivity contribution in [3.05, 3.63) is 122 Å². The van der Waals surface area contributed by atoms with E-state index in [2.05, 4.69) is 122 Å². The van der Waals surface area contributed by atoms with Gasteiger partial charge in [0.1, 0.15) is 48.8 Å². The van der Waals surface area contributed by atoms with Crippen molar-refractivity contribution in [2.45, 2.75) is 293 Å². The van der Waals surface area contributed by atoms with Crippen LogP contribution in [0.5, 0.6) is 0 Å². The molecule has 14 nitrogen and oxygen atoms in total. The van der Waals surface area contributed by atoms with E-state index >= 15 is 0 Å². The maximum absolute atomic E-state index is 13.3. The van der Waals surface area contributed by atoms with Gasteiger partial charge >= 0.3 is 0 Å². The summed E-state index contributed by atoms with van der Waals surface area (Å²) in [6.45, 7) is 2.62. The Balaban J connectivity index is 1.78. The highest BCUT2D eigenvalue weighted by Gasteiger charge is 2.51. The molecule has 0 aromatic carbocycles. The van der Waals surface area contributed by atoms with Crippen LogP contribution in [0.2, 0.25) is 0 Å². The third kappa shape index (κ3) is 37.8. The summed E-state index contributed by atoms with van der Waals surface area (Å²) in [6, 6.07) is -0.979. The summed E-state index contributed by atoms with van der Waals surface area (Å²) >= 11 is 0. The van der Waals surface area contributed by atoms with Crippen molar-refractivity contribution < 1.29 is 64.6 Å². The average Bonchev–Trinajstić information content (AvgIpc) is 3.18. The number of nitrogens with one attached hydrogen (secondary N) is 1. The molecular formula is C70H117NO13. The Morgan fingerprint density at radius 1 is 0.440 bits per heavy atom. The zero-order valence-corrected chi connectivity index (χ0v) is 51.8. The van der Waals surface area contributed by atoms with Crippen LogP contribution in [0.15, 0.2) is 122 Å². The Kier molecular flexibility index (Phi) is 48.8. The molecule has 12 atom stereocenters. The SMILES string of the molecule is CC/C=C\C/C=C\C/C=C\C/C=C\C/C=C\C/C=C\C/C=C\CCCC(=O)NC(COC1OC(CO)C(OC2OC(CO)C(O)C(O)C2O)C(O)C1O)C(O)/C=C/CC/C=C/CC/C=C/CCCCCCCCCCCCCCCCCCC. The molecule has 0 aromatic heterocycles. The summed E-state index contributed by atoms with van der Waals surface area (Å²) < 4.78 is 22.8. The number of carbonyl (C=O) groups excluding carboxylic acids is 1. The van der Waals surface area contributed by atoms with Gasteiger partial charge in [0, 0.05) is 6.42 Å². The minimum Gasteiger partial charge on any atom is -0.394 e. The van der Waals surface area contributed by atoms with Gasteiger partial charge in [-0.05, 0) is 96.3 Å². The summed E-state index contributed by atoms with van der Waals surface area (Å²) in [7, 11) is 0. The van der Waals surface area contributed by atoms with Gasteiger partial charge in [-0.25, -0.2) is 0 Å². The molecule has 0 saturated carbocycles. The molecule has 480 valence electrons. The number of aliphatic hydroxyl groups is 8. The Bertz CT molecular complexity index is 1870. The number of amides is 1. The molecule has 12 unspecified atom stereocenters. The monoisotopic (exact) mass is 1180 g/mol. The molecule has 0 bridgehead atoms. The number of allylic oxidation sites excluding steroid dienone is 19. The molecule has 0 aliphatic carbocycles. The minimum atomic E-state index is -1.81. The molecule has 2 heterocycles. The predicted molar refractivity (Wildman–Crippen MR) is 341 cm³/mol. The molecule has 2 rings (SSSR count). The van der Waals surface area contributed by atoms with Crippen LogP contribution >= 0.6 is 0 Å². The van der Waals surface area contributed by atoms with E-state index < -0.39 is 86.8 Å². The fraction of sp³-hybridized carbons (Fsp3) is 0.700. The zero-order valence-electron chi connectivity index (χ0n) is 51.8. The van der Waals surface area contributed by atoms with Crippen molar-refractivity contribution in [1.29, 1.82) is 0 Å². The molecule has 84 heavy (non-hydrogen) atoms. The summed E-state index contributed by atoms with van der Waals surface area (Å²) in [5.74, 6) is -0.315. The van der Waals surface area contributed by atoms with Gasteiger partial charge in [-0.1, -0.05) is 238 Å². The van der Waals surface area contributed by atoms with Crippen LogP contribution in [0.1, 0.15) is 219 Å². The smallest absolute Gasteiger partial charge is 0.220 e. The molecule has 9 N–H and O–H groups in total. The van der Waals surface area contributed by atoms with Crippen LogP contribution in [0, 0.1) is 0 Å². The first-order valence-electron chi connectivity index (χ1n) is 32.8. The Morgan fingerprint density at radius 3 is 1.31 bits per heavy atom. The lowest BCUT2D eigenvalue weighted by atomic mass is 9.97. The normalized spacial score (nSPS) is 24.5. The fourth-order valence-corrected chi connectivity index (χ4v) is 9.90. The first-order chi connectivity index (χ1) is 41.1. The van der Waals surface area contributed by atoms with Crippen LogP contribution < -0.4 is 5.32 Å². The number of hydrogen-bond acceptors (Lipinski definition) is 13. The lowest BCUT2D eigenvalue weighted by Crippen LogP contribution is -2.65. The Morgan fingerprint density at radius 2 is 0.833 bits per heavy atom. The number of rotatable bonds is 51. The van der Waals surface area contributed by atoms with Crippen molar-refractivity contribution in [3.63, 3.8) is 0 Å². The van der Waals surface area contributed by atoms with Crippen LogP contribution in [0.4, 0.5) is 0 Å². The number of aliphatic hydroxyl groups excluding tert-OH is 8. The standard InChI is InChI=1S/C70H117NO13/c1-3-5-7-9-11-13-15-17-19-21-23-25-27-28-29-30-32-33-35-37-39-41-43-45-47-49-51-53-59(74)58(57-81-69-67(80)65(78)68(61(56-73)83-69)84-70-66(79)64(77)63(76)60(55-72)82-70)71-62(75)54-52-50-48-46-44-42-40-38-36-34-31-26-24-22-20-18-16-14-12-10-8-6-4-2/h6,8,12,14,18,20,24,26,34-37,40,42-43,45-46,48,51,53,58-61,63-70,72-74,76-80H,3-5,7,9-11,13,15-17,19,21-23,25,27-33,38-39,41,44,47,49-50,52,54-57H2,1-2H3,(H,71,75)/b8-6-,14-12-,20-18-,26-24-,36-34-,37-35+,42-40-,45-43+,48-46-,53-51+. The second kappa shape index (κ2) is 53.6. The fourth-order valence-electron chi connectivity index (χ4n) is 9.90. The quantitative estimate of drug-likeness (QED) is 0.0204. The Labute approximate surface area is 508 Å². The van der Waals surface area contributed by atoms with E-state index in [0.717, 1.165) is 70.6 Å². The minimum absolute atomic E-state index is 0.182. The number of carbonyl (C=O) groups is 1. The number of ether oxygens (including phenoxy) is 4. The third-order valence-electron chi connectivity index (χ3n) is 15.1. The molecule has 2 aliphatic heterocycles. The van der Waals surface area contributed by atoms with E-state index in [-0.39, 0.29) is 18.9 Å². The van der Waals surface area contributed by atoms with Gasteiger partial charge in [0.2, 0.25) is 5.91 Å². The van der Waals surface area contributed by atoms with Gasteiger partial charge < -0.3 is 65.1 Å². The van der Waals surface area contributed by atoms with Gasteiger partial charge in [-0.3, -0.25) is 4.79 Å². The highest BCUT2D eigenvalue weighted by molar-refractivity contribution is 5.76. The van der Waals surface area contributed by atoms with Crippen molar-refractivity contribution in [2.24, 2.45) is 0 Å². The summed E-state index contributed by atoms with van der Waals surface area (Å²) in [5.41, 5.74) is 0. The van der Waals surface area contributed by atoms with Crippen LogP contribution in [-0.2, 0) is 23.7 Å².